The standard InChI is InChI=1S/C17H23NO4S/c1-14-5-7-16(8-6-14)23(21,22)18-11-3-9-17(13-18,15(2)20)10-4-12-19/h5-8,12H,3-4,9-11,13H2,1-2H3. The van der Waals surface area contributed by atoms with Crippen molar-refractivity contribution in [1.82, 2.24) is 4.31 Å². The molecule has 0 amide bonds. The SMILES string of the molecule is CC(=O)C1(CCC=O)CCCN(S(=O)(=O)c2ccc(C)cc2)C1. The second kappa shape index (κ2) is 6.93. The van der Waals surface area contributed by atoms with Crippen molar-refractivity contribution in [2.24, 2.45) is 5.41 Å². The van der Waals surface area contributed by atoms with Crippen LogP contribution >= 0.6 is 0 Å². The summed E-state index contributed by atoms with van der Waals surface area (Å²) >= 11 is 0. The molecule has 6 heteroatoms. The number of rotatable bonds is 6. The molecule has 0 radical (unpaired) electrons. The van der Waals surface area contributed by atoms with Crippen molar-refractivity contribution in [2.75, 3.05) is 13.1 Å². The Morgan fingerprint density at radius 3 is 2.52 bits per heavy atom. The highest BCUT2D eigenvalue weighted by atomic mass is 32.2. The van der Waals surface area contributed by atoms with Crippen molar-refractivity contribution in [2.45, 2.75) is 44.4 Å². The smallest absolute Gasteiger partial charge is 0.243 e. The van der Waals surface area contributed by atoms with E-state index in [-0.39, 0.29) is 23.6 Å². The molecule has 1 atom stereocenters. The van der Waals surface area contributed by atoms with Crippen LogP contribution in [0.1, 0.15) is 38.2 Å². The predicted molar refractivity (Wildman–Crippen MR) is 87.6 cm³/mol. The molecule has 0 N–H and O–H groups in total. The largest absolute Gasteiger partial charge is 0.303 e. The second-order valence-electron chi connectivity index (χ2n) is 6.30. The van der Waals surface area contributed by atoms with Gasteiger partial charge in [-0.3, -0.25) is 4.79 Å². The Morgan fingerprint density at radius 1 is 1.30 bits per heavy atom. The van der Waals surface area contributed by atoms with Crippen molar-refractivity contribution >= 4 is 22.1 Å². The molecule has 0 aliphatic carbocycles. The predicted octanol–water partition coefficient (Wildman–Crippen LogP) is 2.33. The molecule has 23 heavy (non-hydrogen) atoms. The lowest BCUT2D eigenvalue weighted by Crippen LogP contribution is -2.49. The van der Waals surface area contributed by atoms with E-state index in [0.29, 0.717) is 25.8 Å². The first-order valence-corrected chi connectivity index (χ1v) is 9.27. The number of Topliss-reactive ketones (excluding diaryl/α,β-unsaturated/α-hetero) is 1. The molecule has 1 aromatic carbocycles. The zero-order chi connectivity index (χ0) is 17.1. The molecule has 0 aromatic heterocycles. The summed E-state index contributed by atoms with van der Waals surface area (Å²) < 4.78 is 27.1. The van der Waals surface area contributed by atoms with Gasteiger partial charge in [0, 0.05) is 24.9 Å². The molecule has 1 aliphatic rings. The summed E-state index contributed by atoms with van der Waals surface area (Å²) in [6.45, 7) is 3.96. The monoisotopic (exact) mass is 337 g/mol. The van der Waals surface area contributed by atoms with E-state index >= 15 is 0 Å². The normalized spacial score (nSPS) is 22.7. The van der Waals surface area contributed by atoms with Gasteiger partial charge in [-0.15, -0.1) is 0 Å². The first-order valence-electron chi connectivity index (χ1n) is 7.83. The highest BCUT2D eigenvalue weighted by Crippen LogP contribution is 2.37. The van der Waals surface area contributed by atoms with Gasteiger partial charge in [-0.05, 0) is 45.2 Å². The fraction of sp³-hybridized carbons (Fsp3) is 0.529. The number of carbonyl (C=O) groups excluding carboxylic acids is 2. The maximum absolute atomic E-state index is 12.8. The number of aldehydes is 1. The van der Waals surface area contributed by atoms with E-state index in [9.17, 15) is 18.0 Å². The van der Waals surface area contributed by atoms with E-state index < -0.39 is 15.4 Å². The van der Waals surface area contributed by atoms with Gasteiger partial charge in [0.15, 0.2) is 0 Å². The van der Waals surface area contributed by atoms with Crippen molar-refractivity contribution in [3.05, 3.63) is 29.8 Å². The van der Waals surface area contributed by atoms with Gasteiger partial charge in [-0.2, -0.15) is 4.31 Å². The second-order valence-corrected chi connectivity index (χ2v) is 8.23. The third kappa shape index (κ3) is 3.70. The summed E-state index contributed by atoms with van der Waals surface area (Å²) in [5.41, 5.74) is 0.253. The Balaban J connectivity index is 2.30. The van der Waals surface area contributed by atoms with Crippen molar-refractivity contribution in [3.63, 3.8) is 0 Å². The van der Waals surface area contributed by atoms with Crippen LogP contribution in [0.5, 0.6) is 0 Å². The minimum atomic E-state index is -3.62. The topological polar surface area (TPSA) is 71.5 Å². The van der Waals surface area contributed by atoms with Crippen molar-refractivity contribution in [3.8, 4) is 0 Å². The molecule has 1 fully saturated rings. The van der Waals surface area contributed by atoms with Gasteiger partial charge in [-0.25, -0.2) is 8.42 Å². The number of aryl methyl sites for hydroxylation is 1. The lowest BCUT2D eigenvalue weighted by molar-refractivity contribution is -0.129. The fourth-order valence-electron chi connectivity index (χ4n) is 3.16. The number of piperidine rings is 1. The Bertz CT molecular complexity index is 681. The molecule has 126 valence electrons. The molecule has 1 aromatic rings. The molecule has 1 unspecified atom stereocenters. The Hall–Kier alpha value is -1.53. The summed E-state index contributed by atoms with van der Waals surface area (Å²) in [6, 6.07) is 6.73. The molecule has 0 saturated carbocycles. The summed E-state index contributed by atoms with van der Waals surface area (Å²) in [5, 5.41) is 0. The van der Waals surface area contributed by atoms with Gasteiger partial charge in [0.2, 0.25) is 10.0 Å². The van der Waals surface area contributed by atoms with E-state index in [1.165, 1.54) is 11.2 Å². The molecule has 5 nitrogen and oxygen atoms in total. The first kappa shape index (κ1) is 17.8. The Morgan fingerprint density at radius 2 is 1.96 bits per heavy atom. The minimum absolute atomic E-state index is 0.0387. The maximum Gasteiger partial charge on any atom is 0.243 e. The number of benzene rings is 1. The van der Waals surface area contributed by atoms with Gasteiger partial charge >= 0.3 is 0 Å². The van der Waals surface area contributed by atoms with Gasteiger partial charge in [0.05, 0.1) is 4.90 Å². The molecule has 0 bridgehead atoms. The molecular formula is C17H23NO4S. The van der Waals surface area contributed by atoms with Crippen LogP contribution in [-0.2, 0) is 19.6 Å². The van der Waals surface area contributed by atoms with Crippen molar-refractivity contribution < 1.29 is 18.0 Å². The van der Waals surface area contributed by atoms with Crippen LogP contribution in [0, 0.1) is 12.3 Å². The Kier molecular flexibility index (Phi) is 5.37. The minimum Gasteiger partial charge on any atom is -0.303 e. The fourth-order valence-corrected chi connectivity index (χ4v) is 4.72. The quantitative estimate of drug-likeness (QED) is 0.747. The number of hydrogen-bond acceptors (Lipinski definition) is 4. The molecule has 1 aliphatic heterocycles. The van der Waals surface area contributed by atoms with Crippen LogP contribution in [0.15, 0.2) is 29.2 Å². The van der Waals surface area contributed by atoms with Gasteiger partial charge in [0.25, 0.3) is 0 Å². The van der Waals surface area contributed by atoms with Crippen LogP contribution < -0.4 is 0 Å². The molecular weight excluding hydrogens is 314 g/mol. The zero-order valence-electron chi connectivity index (χ0n) is 13.6. The number of carbonyl (C=O) groups is 2. The van der Waals surface area contributed by atoms with E-state index in [1.807, 2.05) is 6.92 Å². The van der Waals surface area contributed by atoms with Gasteiger partial charge in [0.1, 0.15) is 12.1 Å². The van der Waals surface area contributed by atoms with Crippen LogP contribution in [0.2, 0.25) is 0 Å². The van der Waals surface area contributed by atoms with E-state index in [0.717, 1.165) is 11.8 Å². The molecule has 1 heterocycles. The lowest BCUT2D eigenvalue weighted by Gasteiger charge is -2.40. The summed E-state index contributed by atoms with van der Waals surface area (Å²) in [5.74, 6) is -0.0387. The number of sulfonamides is 1. The van der Waals surface area contributed by atoms with Gasteiger partial charge < -0.3 is 4.79 Å². The number of hydrogen-bond donors (Lipinski definition) is 0. The van der Waals surface area contributed by atoms with Crippen LogP contribution in [0.25, 0.3) is 0 Å². The Labute approximate surface area is 137 Å². The summed E-state index contributed by atoms with van der Waals surface area (Å²) in [7, 11) is -3.62. The summed E-state index contributed by atoms with van der Waals surface area (Å²) in [4.78, 5) is 23.1. The highest BCUT2D eigenvalue weighted by Gasteiger charge is 2.42. The third-order valence-corrected chi connectivity index (χ3v) is 6.55. The first-order chi connectivity index (χ1) is 10.8. The maximum atomic E-state index is 12.8. The molecule has 2 rings (SSSR count). The van der Waals surface area contributed by atoms with E-state index in [1.54, 1.807) is 24.3 Å². The molecule has 1 saturated heterocycles. The lowest BCUT2D eigenvalue weighted by atomic mass is 9.74. The van der Waals surface area contributed by atoms with E-state index in [2.05, 4.69) is 0 Å². The van der Waals surface area contributed by atoms with Crippen LogP contribution in [0.4, 0.5) is 0 Å². The number of ketones is 1. The van der Waals surface area contributed by atoms with Crippen molar-refractivity contribution in [1.29, 1.82) is 0 Å². The molecule has 0 spiro atoms. The number of nitrogens with zero attached hydrogens (tertiary/aromatic N) is 1. The summed E-state index contributed by atoms with van der Waals surface area (Å²) in [6.07, 6.45) is 2.74. The van der Waals surface area contributed by atoms with Crippen LogP contribution in [-0.4, -0.2) is 37.9 Å². The third-order valence-electron chi connectivity index (χ3n) is 4.69. The average Bonchev–Trinajstić information content (AvgIpc) is 2.53. The van der Waals surface area contributed by atoms with Gasteiger partial charge in [-0.1, -0.05) is 17.7 Å². The van der Waals surface area contributed by atoms with Crippen LogP contribution in [0.3, 0.4) is 0 Å². The van der Waals surface area contributed by atoms with E-state index in [4.69, 9.17) is 0 Å². The average molecular weight is 337 g/mol. The highest BCUT2D eigenvalue weighted by molar-refractivity contribution is 7.89. The zero-order valence-corrected chi connectivity index (χ0v) is 14.4.